The Hall–Kier alpha value is -1.68. The van der Waals surface area contributed by atoms with Crippen LogP contribution in [0.4, 0.5) is 0 Å². The lowest BCUT2D eigenvalue weighted by atomic mass is 9.90. The number of aryl methyl sites for hydroxylation is 1. The van der Waals surface area contributed by atoms with E-state index in [4.69, 9.17) is 0 Å². The van der Waals surface area contributed by atoms with Crippen LogP contribution in [0.5, 0.6) is 0 Å². The smallest absolute Gasteiger partial charge is 0.0736 e. The molecule has 0 amide bonds. The average molecular weight is 229 g/mol. The van der Waals surface area contributed by atoms with E-state index in [0.29, 0.717) is 6.04 Å². The molecule has 0 spiro atoms. The van der Waals surface area contributed by atoms with Gasteiger partial charge in [0, 0.05) is 18.0 Å². The van der Waals surface area contributed by atoms with Gasteiger partial charge in [-0.2, -0.15) is 5.10 Å². The molecular formula is C13H15N3O. The fraction of sp³-hybridized carbons (Fsp3) is 0.385. The van der Waals surface area contributed by atoms with Crippen LogP contribution < -0.4 is 0 Å². The molecule has 0 saturated heterocycles. The molecule has 3 rings (SSSR count). The standard InChI is InChI=1S/C13H15N3O/c1-9-2-3-14-13(4-9)10-7-15-16(8-10)11-5-12(17)6-11/h2-4,7-8,11-12,17H,5-6H2,1H3. The molecule has 88 valence electrons. The Morgan fingerprint density at radius 2 is 2.24 bits per heavy atom. The average Bonchev–Trinajstić information content (AvgIpc) is 2.74. The van der Waals surface area contributed by atoms with E-state index in [-0.39, 0.29) is 6.10 Å². The summed E-state index contributed by atoms with van der Waals surface area (Å²) >= 11 is 0. The minimum Gasteiger partial charge on any atom is -0.393 e. The number of aliphatic hydroxyl groups excluding tert-OH is 1. The normalized spacial score (nSPS) is 23.4. The first kappa shape index (κ1) is 10.5. The van der Waals surface area contributed by atoms with Crippen LogP contribution in [-0.2, 0) is 0 Å². The quantitative estimate of drug-likeness (QED) is 0.856. The highest BCUT2D eigenvalue weighted by molar-refractivity contribution is 5.57. The molecule has 0 bridgehead atoms. The topological polar surface area (TPSA) is 50.9 Å². The van der Waals surface area contributed by atoms with Crippen LogP contribution in [-0.4, -0.2) is 26.0 Å². The fourth-order valence-electron chi connectivity index (χ4n) is 2.14. The summed E-state index contributed by atoms with van der Waals surface area (Å²) in [6, 6.07) is 4.39. The molecule has 1 aliphatic rings. The van der Waals surface area contributed by atoms with Crippen molar-refractivity contribution in [2.45, 2.75) is 31.9 Å². The summed E-state index contributed by atoms with van der Waals surface area (Å²) in [5.74, 6) is 0. The molecule has 0 aliphatic heterocycles. The van der Waals surface area contributed by atoms with Crippen LogP contribution in [0.1, 0.15) is 24.4 Å². The van der Waals surface area contributed by atoms with E-state index >= 15 is 0 Å². The zero-order valence-corrected chi connectivity index (χ0v) is 9.74. The number of pyridine rings is 1. The van der Waals surface area contributed by atoms with Gasteiger partial charge in [0.25, 0.3) is 0 Å². The van der Waals surface area contributed by atoms with Gasteiger partial charge in [0.1, 0.15) is 0 Å². The largest absolute Gasteiger partial charge is 0.393 e. The molecule has 17 heavy (non-hydrogen) atoms. The maximum atomic E-state index is 9.29. The van der Waals surface area contributed by atoms with E-state index in [1.165, 1.54) is 5.56 Å². The number of aliphatic hydroxyl groups is 1. The van der Waals surface area contributed by atoms with E-state index in [9.17, 15) is 5.11 Å². The summed E-state index contributed by atoms with van der Waals surface area (Å²) in [6.45, 7) is 2.05. The predicted octanol–water partition coefficient (Wildman–Crippen LogP) is 1.95. The summed E-state index contributed by atoms with van der Waals surface area (Å²) in [4.78, 5) is 4.34. The Kier molecular flexibility index (Phi) is 2.44. The molecule has 0 atom stereocenters. The third-order valence-corrected chi connectivity index (χ3v) is 3.28. The summed E-state index contributed by atoms with van der Waals surface area (Å²) in [5.41, 5.74) is 3.19. The van der Waals surface area contributed by atoms with E-state index in [2.05, 4.69) is 23.1 Å². The fourth-order valence-corrected chi connectivity index (χ4v) is 2.14. The minimum atomic E-state index is -0.148. The van der Waals surface area contributed by atoms with Gasteiger partial charge in [0.05, 0.1) is 24.0 Å². The van der Waals surface area contributed by atoms with Crippen molar-refractivity contribution >= 4 is 0 Å². The van der Waals surface area contributed by atoms with Crippen LogP contribution >= 0.6 is 0 Å². The third kappa shape index (κ3) is 1.96. The van der Waals surface area contributed by atoms with Crippen molar-refractivity contribution in [2.24, 2.45) is 0 Å². The van der Waals surface area contributed by atoms with Gasteiger partial charge in [-0.05, 0) is 37.5 Å². The van der Waals surface area contributed by atoms with Gasteiger partial charge >= 0.3 is 0 Å². The Bertz CT molecular complexity index is 529. The molecule has 2 heterocycles. The SMILES string of the molecule is Cc1ccnc(-c2cnn(C3CC(O)C3)c2)c1. The second-order valence-electron chi connectivity index (χ2n) is 4.71. The summed E-state index contributed by atoms with van der Waals surface area (Å²) in [5, 5.41) is 13.6. The van der Waals surface area contributed by atoms with Gasteiger partial charge in [-0.25, -0.2) is 0 Å². The van der Waals surface area contributed by atoms with E-state index < -0.39 is 0 Å². The lowest BCUT2D eigenvalue weighted by molar-refractivity contribution is 0.0434. The Balaban J connectivity index is 1.85. The Labute approximate surface area is 99.9 Å². The van der Waals surface area contributed by atoms with Crippen molar-refractivity contribution in [3.63, 3.8) is 0 Å². The maximum absolute atomic E-state index is 9.29. The first-order chi connectivity index (χ1) is 8.22. The van der Waals surface area contributed by atoms with E-state index in [0.717, 1.165) is 24.1 Å². The van der Waals surface area contributed by atoms with E-state index in [1.807, 2.05) is 29.3 Å². The molecule has 0 unspecified atom stereocenters. The van der Waals surface area contributed by atoms with Gasteiger partial charge in [-0.15, -0.1) is 0 Å². The number of nitrogens with zero attached hydrogens (tertiary/aromatic N) is 3. The second kappa shape index (κ2) is 3.96. The zero-order chi connectivity index (χ0) is 11.8. The predicted molar refractivity (Wildman–Crippen MR) is 64.5 cm³/mol. The van der Waals surface area contributed by atoms with E-state index in [1.54, 1.807) is 0 Å². The van der Waals surface area contributed by atoms with Gasteiger partial charge < -0.3 is 5.11 Å². The highest BCUT2D eigenvalue weighted by atomic mass is 16.3. The summed E-state index contributed by atoms with van der Waals surface area (Å²) in [7, 11) is 0. The second-order valence-corrected chi connectivity index (χ2v) is 4.71. The number of hydrogen-bond donors (Lipinski definition) is 1. The Morgan fingerprint density at radius 3 is 2.94 bits per heavy atom. The van der Waals surface area contributed by atoms with Gasteiger partial charge in [0.2, 0.25) is 0 Å². The van der Waals surface area contributed by atoms with Gasteiger partial charge in [-0.1, -0.05) is 0 Å². The molecule has 0 radical (unpaired) electrons. The molecule has 4 heteroatoms. The van der Waals surface area contributed by atoms with Crippen molar-refractivity contribution in [1.29, 1.82) is 0 Å². The summed E-state index contributed by atoms with van der Waals surface area (Å²) in [6.07, 6.45) is 7.13. The highest BCUT2D eigenvalue weighted by Crippen LogP contribution is 2.32. The molecule has 4 nitrogen and oxygen atoms in total. The van der Waals surface area contributed by atoms with Crippen molar-refractivity contribution < 1.29 is 5.11 Å². The minimum absolute atomic E-state index is 0.148. The number of hydrogen-bond acceptors (Lipinski definition) is 3. The lowest BCUT2D eigenvalue weighted by Gasteiger charge is -2.31. The monoisotopic (exact) mass is 229 g/mol. The molecule has 2 aromatic heterocycles. The molecule has 1 saturated carbocycles. The van der Waals surface area contributed by atoms with Crippen LogP contribution in [0.2, 0.25) is 0 Å². The number of rotatable bonds is 2. The molecule has 2 aromatic rings. The van der Waals surface area contributed by atoms with Crippen molar-refractivity contribution in [2.75, 3.05) is 0 Å². The van der Waals surface area contributed by atoms with Crippen LogP contribution in [0.15, 0.2) is 30.7 Å². The first-order valence-electron chi connectivity index (χ1n) is 5.87. The van der Waals surface area contributed by atoms with Crippen molar-refractivity contribution in [1.82, 2.24) is 14.8 Å². The van der Waals surface area contributed by atoms with Crippen molar-refractivity contribution in [3.05, 3.63) is 36.3 Å². The number of aromatic nitrogens is 3. The molecule has 1 N–H and O–H groups in total. The third-order valence-electron chi connectivity index (χ3n) is 3.28. The van der Waals surface area contributed by atoms with Crippen LogP contribution in [0.3, 0.4) is 0 Å². The summed E-state index contributed by atoms with van der Waals surface area (Å²) < 4.78 is 1.94. The van der Waals surface area contributed by atoms with Crippen LogP contribution in [0.25, 0.3) is 11.3 Å². The molecule has 1 aliphatic carbocycles. The highest BCUT2D eigenvalue weighted by Gasteiger charge is 2.29. The van der Waals surface area contributed by atoms with Gasteiger partial charge in [-0.3, -0.25) is 9.67 Å². The zero-order valence-electron chi connectivity index (χ0n) is 9.74. The van der Waals surface area contributed by atoms with Gasteiger partial charge in [0.15, 0.2) is 0 Å². The molecule has 1 fully saturated rings. The van der Waals surface area contributed by atoms with Crippen LogP contribution in [0, 0.1) is 6.92 Å². The lowest BCUT2D eigenvalue weighted by Crippen LogP contribution is -2.30. The molecular weight excluding hydrogens is 214 g/mol. The maximum Gasteiger partial charge on any atom is 0.0736 e. The molecule has 0 aromatic carbocycles. The van der Waals surface area contributed by atoms with Crippen molar-refractivity contribution in [3.8, 4) is 11.3 Å². The first-order valence-corrected chi connectivity index (χ1v) is 5.87. The Morgan fingerprint density at radius 1 is 1.41 bits per heavy atom.